The molecule has 0 aromatic heterocycles. The fourth-order valence-corrected chi connectivity index (χ4v) is 4.64. The van der Waals surface area contributed by atoms with Gasteiger partial charge < -0.3 is 5.32 Å². The van der Waals surface area contributed by atoms with Gasteiger partial charge in [0.2, 0.25) is 10.0 Å². The Balaban J connectivity index is 1.71. The minimum absolute atomic E-state index is 0.153. The van der Waals surface area contributed by atoms with Gasteiger partial charge in [-0.3, -0.25) is 0 Å². The van der Waals surface area contributed by atoms with Crippen molar-refractivity contribution < 1.29 is 8.42 Å². The smallest absolute Gasteiger partial charge is 0.209 e. The number of rotatable bonds is 11. The molecule has 2 unspecified atom stereocenters. The number of benzene rings is 2. The Bertz CT molecular complexity index is 938. The maximum atomic E-state index is 12.2. The van der Waals surface area contributed by atoms with Crippen molar-refractivity contribution in [2.45, 2.75) is 44.2 Å². The van der Waals surface area contributed by atoms with E-state index in [-0.39, 0.29) is 12.1 Å². The molecular formula is C25H32N2O2S. The summed E-state index contributed by atoms with van der Waals surface area (Å²) in [7, 11) is -3.38. The molecule has 2 aromatic rings. The van der Waals surface area contributed by atoms with Gasteiger partial charge in [-0.15, -0.1) is 0 Å². The second kappa shape index (κ2) is 11.3. The molecule has 2 atom stereocenters. The number of hydrogen-bond donors (Lipinski definition) is 2. The Morgan fingerprint density at radius 2 is 1.53 bits per heavy atom. The number of nitrogens with one attached hydrogen (secondary N) is 2. The first-order valence-electron chi connectivity index (χ1n) is 10.7. The number of sulfonamides is 1. The maximum Gasteiger partial charge on any atom is 0.209 e. The number of hydrogen-bond acceptors (Lipinski definition) is 3. The van der Waals surface area contributed by atoms with Crippen LogP contribution in [0.15, 0.2) is 84.5 Å². The molecule has 0 saturated carbocycles. The molecule has 2 N–H and O–H groups in total. The van der Waals surface area contributed by atoms with Crippen LogP contribution < -0.4 is 10.0 Å². The van der Waals surface area contributed by atoms with Crippen molar-refractivity contribution in [2.24, 2.45) is 0 Å². The maximum absolute atomic E-state index is 12.2. The molecule has 0 radical (unpaired) electrons. The van der Waals surface area contributed by atoms with E-state index in [0.29, 0.717) is 0 Å². The summed E-state index contributed by atoms with van der Waals surface area (Å²) in [5, 5.41) is 3.63. The molecule has 1 aliphatic rings. The molecule has 0 bridgehead atoms. The van der Waals surface area contributed by atoms with E-state index in [4.69, 9.17) is 0 Å². The highest BCUT2D eigenvalue weighted by atomic mass is 32.2. The number of allylic oxidation sites excluding steroid dienone is 4. The zero-order valence-corrected chi connectivity index (χ0v) is 18.4. The third-order valence-corrected chi connectivity index (χ3v) is 6.06. The Kier molecular flexibility index (Phi) is 8.43. The zero-order valence-electron chi connectivity index (χ0n) is 17.6. The third kappa shape index (κ3) is 7.24. The minimum atomic E-state index is -3.38. The quantitative estimate of drug-likeness (QED) is 0.496. The first kappa shape index (κ1) is 22.5. The lowest BCUT2D eigenvalue weighted by Gasteiger charge is -2.29. The van der Waals surface area contributed by atoms with Gasteiger partial charge in [0.05, 0.1) is 18.3 Å². The van der Waals surface area contributed by atoms with E-state index >= 15 is 0 Å². The molecule has 160 valence electrons. The standard InChI is InChI=1S/C25H32N2O2S/c1-30(28,29)27-25(23-18-9-4-10-19-23)24(22-16-7-3-8-17-22)26-20-12-11-15-21-13-5-2-6-14-21/h2-5,7-10,13,16-19,24-27H,6,11-12,14-15,20H2,1H3. The fraction of sp³-hybridized carbons (Fsp3) is 0.360. The number of unbranched alkanes of at least 4 members (excludes halogenated alkanes) is 1. The fourth-order valence-electron chi connectivity index (χ4n) is 3.90. The second-order valence-electron chi connectivity index (χ2n) is 7.87. The highest BCUT2D eigenvalue weighted by Crippen LogP contribution is 2.29. The van der Waals surface area contributed by atoms with E-state index in [0.717, 1.165) is 43.4 Å². The van der Waals surface area contributed by atoms with Crippen LogP contribution in [0, 0.1) is 0 Å². The summed E-state index contributed by atoms with van der Waals surface area (Å²) >= 11 is 0. The summed E-state index contributed by atoms with van der Waals surface area (Å²) in [5.41, 5.74) is 3.55. The van der Waals surface area contributed by atoms with Gasteiger partial charge >= 0.3 is 0 Å². The lowest BCUT2D eigenvalue weighted by atomic mass is 9.93. The first-order valence-corrected chi connectivity index (χ1v) is 12.6. The highest BCUT2D eigenvalue weighted by molar-refractivity contribution is 7.88. The van der Waals surface area contributed by atoms with Crippen LogP contribution in [-0.2, 0) is 10.0 Å². The van der Waals surface area contributed by atoms with Crippen LogP contribution in [0.5, 0.6) is 0 Å². The summed E-state index contributed by atoms with van der Waals surface area (Å²) in [6.45, 7) is 0.831. The molecule has 0 amide bonds. The van der Waals surface area contributed by atoms with Crippen LogP contribution in [0.2, 0.25) is 0 Å². The van der Waals surface area contributed by atoms with Crippen LogP contribution in [0.25, 0.3) is 0 Å². The van der Waals surface area contributed by atoms with Crippen molar-refractivity contribution in [3.8, 4) is 0 Å². The Labute approximate surface area is 181 Å². The normalized spacial score (nSPS) is 16.1. The van der Waals surface area contributed by atoms with Gasteiger partial charge in [-0.05, 0) is 49.8 Å². The minimum Gasteiger partial charge on any atom is -0.308 e. The predicted octanol–water partition coefficient (Wildman–Crippen LogP) is 5.05. The SMILES string of the molecule is CS(=O)(=O)NC(c1ccccc1)C(NCCCCC1=CC=CCC1)c1ccccc1. The topological polar surface area (TPSA) is 58.2 Å². The Morgan fingerprint density at radius 3 is 2.10 bits per heavy atom. The van der Waals surface area contributed by atoms with Gasteiger partial charge in [0.25, 0.3) is 0 Å². The van der Waals surface area contributed by atoms with Crippen molar-refractivity contribution in [3.05, 3.63) is 95.6 Å². The van der Waals surface area contributed by atoms with Gasteiger partial charge in [0.1, 0.15) is 0 Å². The summed E-state index contributed by atoms with van der Waals surface area (Å²) in [6.07, 6.45) is 13.5. The summed E-state index contributed by atoms with van der Waals surface area (Å²) < 4.78 is 27.2. The first-order chi connectivity index (χ1) is 14.5. The molecule has 3 rings (SSSR count). The van der Waals surface area contributed by atoms with Crippen LogP contribution in [0.4, 0.5) is 0 Å². The lowest BCUT2D eigenvalue weighted by Crippen LogP contribution is -2.38. The van der Waals surface area contributed by atoms with Crippen molar-refractivity contribution >= 4 is 10.0 Å². The monoisotopic (exact) mass is 424 g/mol. The highest BCUT2D eigenvalue weighted by Gasteiger charge is 2.27. The predicted molar refractivity (Wildman–Crippen MR) is 125 cm³/mol. The van der Waals surface area contributed by atoms with Crippen LogP contribution >= 0.6 is 0 Å². The molecular weight excluding hydrogens is 392 g/mol. The van der Waals surface area contributed by atoms with E-state index in [1.807, 2.05) is 48.5 Å². The van der Waals surface area contributed by atoms with Crippen molar-refractivity contribution in [2.75, 3.05) is 12.8 Å². The van der Waals surface area contributed by atoms with Crippen LogP contribution in [-0.4, -0.2) is 21.2 Å². The molecule has 5 heteroatoms. The molecule has 1 aliphatic carbocycles. The van der Waals surface area contributed by atoms with Crippen LogP contribution in [0.3, 0.4) is 0 Å². The molecule has 0 fully saturated rings. The second-order valence-corrected chi connectivity index (χ2v) is 9.65. The molecule has 0 spiro atoms. The van der Waals surface area contributed by atoms with Gasteiger partial charge in [0.15, 0.2) is 0 Å². The Hall–Kier alpha value is -2.21. The lowest BCUT2D eigenvalue weighted by molar-refractivity contribution is 0.418. The summed E-state index contributed by atoms with van der Waals surface area (Å²) in [6, 6.07) is 19.3. The van der Waals surface area contributed by atoms with E-state index in [9.17, 15) is 8.42 Å². The largest absolute Gasteiger partial charge is 0.308 e. The Morgan fingerprint density at radius 1 is 0.900 bits per heavy atom. The zero-order chi connectivity index (χ0) is 21.2. The molecule has 0 aliphatic heterocycles. The van der Waals surface area contributed by atoms with Gasteiger partial charge in [-0.25, -0.2) is 13.1 Å². The van der Waals surface area contributed by atoms with Gasteiger partial charge in [-0.2, -0.15) is 0 Å². The van der Waals surface area contributed by atoms with E-state index in [2.05, 4.69) is 40.4 Å². The van der Waals surface area contributed by atoms with Gasteiger partial charge in [-0.1, -0.05) is 84.5 Å². The summed E-state index contributed by atoms with van der Waals surface area (Å²) in [5.74, 6) is 0. The molecule has 4 nitrogen and oxygen atoms in total. The van der Waals surface area contributed by atoms with E-state index < -0.39 is 10.0 Å². The summed E-state index contributed by atoms with van der Waals surface area (Å²) in [4.78, 5) is 0. The molecule has 0 heterocycles. The van der Waals surface area contributed by atoms with Crippen molar-refractivity contribution in [3.63, 3.8) is 0 Å². The van der Waals surface area contributed by atoms with Crippen molar-refractivity contribution in [1.29, 1.82) is 0 Å². The molecule has 30 heavy (non-hydrogen) atoms. The average Bonchev–Trinajstić information content (AvgIpc) is 2.76. The molecule has 0 saturated heterocycles. The molecule has 2 aromatic carbocycles. The van der Waals surface area contributed by atoms with Crippen LogP contribution in [0.1, 0.15) is 55.3 Å². The van der Waals surface area contributed by atoms with E-state index in [1.54, 1.807) is 0 Å². The van der Waals surface area contributed by atoms with E-state index in [1.165, 1.54) is 18.2 Å². The van der Waals surface area contributed by atoms with Crippen molar-refractivity contribution in [1.82, 2.24) is 10.0 Å². The third-order valence-electron chi connectivity index (χ3n) is 5.38. The average molecular weight is 425 g/mol. The van der Waals surface area contributed by atoms with Gasteiger partial charge in [0, 0.05) is 0 Å².